The summed E-state index contributed by atoms with van der Waals surface area (Å²) in [5.41, 5.74) is 0.0685. The van der Waals surface area contributed by atoms with Crippen LogP contribution in [-0.2, 0) is 0 Å². The molecule has 2 aromatic carbocycles. The minimum absolute atomic E-state index is 0.0685. The molecule has 1 aromatic heterocycles. The van der Waals surface area contributed by atoms with Crippen LogP contribution in [0.5, 0.6) is 5.75 Å². The third-order valence-corrected chi connectivity index (χ3v) is 6.44. The third-order valence-electron chi connectivity index (χ3n) is 5.26. The second-order valence-corrected chi connectivity index (χ2v) is 8.32. The Bertz CT molecular complexity index is 934. The number of ether oxygens (including phenoxy) is 1. The Kier molecular flexibility index (Phi) is 6.27. The molecule has 0 N–H and O–H groups in total. The summed E-state index contributed by atoms with van der Waals surface area (Å²) in [4.78, 5) is 15.4. The Hall–Kier alpha value is -2.64. The van der Waals surface area contributed by atoms with Crippen molar-refractivity contribution < 1.29 is 9.66 Å². The van der Waals surface area contributed by atoms with Crippen molar-refractivity contribution in [2.24, 2.45) is 0 Å². The molecule has 3 aromatic rings. The maximum absolute atomic E-state index is 10.8. The molecule has 0 aliphatic carbocycles. The van der Waals surface area contributed by atoms with Crippen molar-refractivity contribution in [2.45, 2.75) is 12.8 Å². The highest BCUT2D eigenvalue weighted by atomic mass is 32.1. The summed E-state index contributed by atoms with van der Waals surface area (Å²) in [7, 11) is 0. The van der Waals surface area contributed by atoms with Crippen LogP contribution in [0, 0.1) is 10.1 Å². The lowest BCUT2D eigenvalue weighted by Crippen LogP contribution is -2.46. The summed E-state index contributed by atoms with van der Waals surface area (Å²) in [6.07, 6.45) is 2.01. The summed E-state index contributed by atoms with van der Waals surface area (Å²) in [6.45, 7) is 5.95. The first-order chi connectivity index (χ1) is 14.2. The number of hydrogen-bond acceptors (Lipinski definition) is 6. The highest BCUT2D eigenvalue weighted by molar-refractivity contribution is 7.22. The van der Waals surface area contributed by atoms with Gasteiger partial charge in [-0.05, 0) is 43.0 Å². The lowest BCUT2D eigenvalue weighted by molar-refractivity contribution is -0.384. The van der Waals surface area contributed by atoms with E-state index in [-0.39, 0.29) is 5.69 Å². The van der Waals surface area contributed by atoms with Gasteiger partial charge >= 0.3 is 0 Å². The molecule has 29 heavy (non-hydrogen) atoms. The predicted octanol–water partition coefficient (Wildman–Crippen LogP) is 4.79. The van der Waals surface area contributed by atoms with E-state index in [9.17, 15) is 10.1 Å². The zero-order chi connectivity index (χ0) is 20.1. The van der Waals surface area contributed by atoms with E-state index >= 15 is 0 Å². The maximum Gasteiger partial charge on any atom is 0.273 e. The summed E-state index contributed by atoms with van der Waals surface area (Å²) in [5, 5.41) is 13.5. The van der Waals surface area contributed by atoms with Gasteiger partial charge in [-0.15, -0.1) is 11.3 Å². The van der Waals surface area contributed by atoms with Crippen molar-refractivity contribution >= 4 is 32.1 Å². The van der Waals surface area contributed by atoms with Crippen molar-refractivity contribution in [2.75, 3.05) is 44.2 Å². The van der Waals surface area contributed by atoms with E-state index in [1.807, 2.05) is 11.3 Å². The molecule has 0 atom stereocenters. The quantitative estimate of drug-likeness (QED) is 0.303. The van der Waals surface area contributed by atoms with Gasteiger partial charge in [-0.25, -0.2) is 0 Å². The van der Waals surface area contributed by atoms with E-state index in [0.29, 0.717) is 12.4 Å². The SMILES string of the molecule is O=[N+]([O-])c1cccc(OCCCCN2CCN(c3cc4ccccc4s3)CC2)c1. The van der Waals surface area contributed by atoms with Gasteiger partial charge in [0.1, 0.15) is 5.75 Å². The highest BCUT2D eigenvalue weighted by Crippen LogP contribution is 2.32. The number of unbranched alkanes of at least 4 members (excludes halogenated alkanes) is 1. The maximum atomic E-state index is 10.8. The van der Waals surface area contributed by atoms with Gasteiger partial charge < -0.3 is 9.64 Å². The van der Waals surface area contributed by atoms with Gasteiger partial charge in [-0.1, -0.05) is 24.3 Å². The molecule has 6 nitrogen and oxygen atoms in total. The van der Waals surface area contributed by atoms with E-state index in [1.165, 1.54) is 27.2 Å². The van der Waals surface area contributed by atoms with Crippen molar-refractivity contribution in [1.82, 2.24) is 4.90 Å². The van der Waals surface area contributed by atoms with Crippen LogP contribution in [-0.4, -0.2) is 49.2 Å². The van der Waals surface area contributed by atoms with Crippen LogP contribution in [0.25, 0.3) is 10.1 Å². The monoisotopic (exact) mass is 411 g/mol. The number of thiophene rings is 1. The molecule has 0 saturated carbocycles. The fraction of sp³-hybridized carbons (Fsp3) is 0.364. The number of hydrogen-bond donors (Lipinski definition) is 0. The number of piperazine rings is 1. The molecule has 2 heterocycles. The fourth-order valence-corrected chi connectivity index (χ4v) is 4.74. The van der Waals surface area contributed by atoms with Crippen LogP contribution in [0.15, 0.2) is 54.6 Å². The second kappa shape index (κ2) is 9.24. The van der Waals surface area contributed by atoms with Gasteiger partial charge in [0.2, 0.25) is 0 Å². The summed E-state index contributed by atoms with van der Waals surface area (Å²) in [6, 6.07) is 17.3. The molecular weight excluding hydrogens is 386 g/mol. The Morgan fingerprint density at radius 1 is 1.00 bits per heavy atom. The number of non-ortho nitro benzene ring substituents is 1. The topological polar surface area (TPSA) is 58.9 Å². The number of nitrogens with zero attached hydrogens (tertiary/aromatic N) is 3. The first kappa shape index (κ1) is 19.7. The van der Waals surface area contributed by atoms with Gasteiger partial charge in [0.05, 0.1) is 22.6 Å². The largest absolute Gasteiger partial charge is 0.493 e. The van der Waals surface area contributed by atoms with Gasteiger partial charge in [-0.3, -0.25) is 15.0 Å². The van der Waals surface area contributed by atoms with E-state index in [0.717, 1.165) is 45.6 Å². The van der Waals surface area contributed by atoms with Crippen LogP contribution in [0.2, 0.25) is 0 Å². The number of benzene rings is 2. The second-order valence-electron chi connectivity index (χ2n) is 7.26. The molecule has 4 rings (SSSR count). The van der Waals surface area contributed by atoms with Gasteiger partial charge in [-0.2, -0.15) is 0 Å². The average Bonchev–Trinajstić information content (AvgIpc) is 3.18. The number of nitro benzene ring substituents is 1. The van der Waals surface area contributed by atoms with Crippen LogP contribution >= 0.6 is 11.3 Å². The molecule has 1 saturated heterocycles. The van der Waals surface area contributed by atoms with Crippen molar-refractivity contribution in [1.29, 1.82) is 0 Å². The third kappa shape index (κ3) is 5.05. The number of fused-ring (bicyclic) bond motifs is 1. The number of nitro groups is 1. The first-order valence-corrected chi connectivity index (χ1v) is 10.8. The smallest absolute Gasteiger partial charge is 0.273 e. The summed E-state index contributed by atoms with van der Waals surface area (Å²) < 4.78 is 7.02. The molecule has 7 heteroatoms. The Labute approximate surface area is 174 Å². The van der Waals surface area contributed by atoms with Gasteiger partial charge in [0.15, 0.2) is 0 Å². The number of anilines is 1. The van der Waals surface area contributed by atoms with Crippen LogP contribution < -0.4 is 9.64 Å². The van der Waals surface area contributed by atoms with Crippen LogP contribution in [0.3, 0.4) is 0 Å². The Morgan fingerprint density at radius 3 is 2.62 bits per heavy atom. The molecule has 1 fully saturated rings. The number of rotatable bonds is 8. The summed E-state index contributed by atoms with van der Waals surface area (Å²) >= 11 is 1.88. The lowest BCUT2D eigenvalue weighted by atomic mass is 10.2. The standard InChI is InChI=1S/C22H25N3O3S/c26-25(27)19-7-5-8-20(17-19)28-15-4-3-10-23-11-13-24(14-12-23)22-16-18-6-1-2-9-21(18)29-22/h1-2,5-9,16-17H,3-4,10-15H2. The van der Waals surface area contributed by atoms with E-state index in [2.05, 4.69) is 40.1 Å². The fourth-order valence-electron chi connectivity index (χ4n) is 3.63. The lowest BCUT2D eigenvalue weighted by Gasteiger charge is -2.35. The molecule has 0 bridgehead atoms. The highest BCUT2D eigenvalue weighted by Gasteiger charge is 2.18. The Morgan fingerprint density at radius 2 is 1.83 bits per heavy atom. The van der Waals surface area contributed by atoms with Gasteiger partial charge in [0, 0.05) is 36.9 Å². The molecule has 152 valence electrons. The van der Waals surface area contributed by atoms with Crippen LogP contribution in [0.4, 0.5) is 10.7 Å². The molecule has 1 aliphatic heterocycles. The van der Waals surface area contributed by atoms with E-state index < -0.39 is 4.92 Å². The normalized spacial score (nSPS) is 15.0. The minimum atomic E-state index is -0.398. The Balaban J connectivity index is 1.16. The van der Waals surface area contributed by atoms with Crippen molar-refractivity contribution in [3.8, 4) is 5.75 Å². The van der Waals surface area contributed by atoms with Crippen molar-refractivity contribution in [3.63, 3.8) is 0 Å². The van der Waals surface area contributed by atoms with Crippen molar-refractivity contribution in [3.05, 3.63) is 64.7 Å². The van der Waals surface area contributed by atoms with E-state index in [4.69, 9.17) is 4.74 Å². The minimum Gasteiger partial charge on any atom is -0.493 e. The molecule has 1 aliphatic rings. The molecular formula is C22H25N3O3S. The molecule has 0 spiro atoms. The zero-order valence-corrected chi connectivity index (χ0v) is 17.1. The first-order valence-electron chi connectivity index (χ1n) is 10.0. The van der Waals surface area contributed by atoms with E-state index in [1.54, 1.807) is 12.1 Å². The molecule has 0 radical (unpaired) electrons. The summed E-state index contributed by atoms with van der Waals surface area (Å²) in [5.74, 6) is 0.566. The zero-order valence-electron chi connectivity index (χ0n) is 16.3. The average molecular weight is 412 g/mol. The predicted molar refractivity (Wildman–Crippen MR) is 118 cm³/mol. The van der Waals surface area contributed by atoms with Crippen LogP contribution in [0.1, 0.15) is 12.8 Å². The van der Waals surface area contributed by atoms with Gasteiger partial charge in [0.25, 0.3) is 5.69 Å². The molecule has 0 amide bonds. The molecule has 0 unspecified atom stereocenters.